The molecule has 0 spiro atoms. The van der Waals surface area contributed by atoms with E-state index >= 15 is 0 Å². The summed E-state index contributed by atoms with van der Waals surface area (Å²) in [6.45, 7) is -1.55. The van der Waals surface area contributed by atoms with Crippen LogP contribution in [0.1, 0.15) is 12.8 Å². The van der Waals surface area contributed by atoms with E-state index < -0.39 is 36.7 Å². The number of aliphatic carboxylic acids is 1. The van der Waals surface area contributed by atoms with E-state index in [1.165, 1.54) is 0 Å². The molecule has 0 bridgehead atoms. The molecule has 110 valence electrons. The summed E-state index contributed by atoms with van der Waals surface area (Å²) >= 11 is 0. The Kier molecular flexibility index (Phi) is 4.75. The third-order valence-corrected chi connectivity index (χ3v) is 3.05. The van der Waals surface area contributed by atoms with Crippen molar-refractivity contribution in [2.45, 2.75) is 24.6 Å². The molecule has 0 aromatic rings. The molecular formula is C10H14F3NO5. The van der Waals surface area contributed by atoms with Crippen molar-refractivity contribution in [3.63, 3.8) is 0 Å². The first kappa shape index (κ1) is 15.7. The van der Waals surface area contributed by atoms with Crippen molar-refractivity contribution >= 4 is 11.9 Å². The predicted molar refractivity (Wildman–Crippen MR) is 55.3 cm³/mol. The number of β-amino-alcohol motifs (C(OH)–C–C–N with tert-alkyl or cyclic N) is 1. The van der Waals surface area contributed by atoms with Crippen molar-refractivity contribution in [2.24, 2.45) is 0 Å². The SMILES string of the molecule is O=C(N(CCO)C1(C(=O)O)CCOCC1)C(F)(F)F. The van der Waals surface area contributed by atoms with Gasteiger partial charge in [-0.25, -0.2) is 4.79 Å². The van der Waals surface area contributed by atoms with Gasteiger partial charge in [-0.05, 0) is 0 Å². The molecule has 0 aromatic carbocycles. The van der Waals surface area contributed by atoms with E-state index in [-0.39, 0.29) is 31.0 Å². The number of hydrogen-bond donors (Lipinski definition) is 2. The van der Waals surface area contributed by atoms with Gasteiger partial charge in [0.2, 0.25) is 0 Å². The molecule has 0 saturated carbocycles. The molecule has 1 fully saturated rings. The minimum Gasteiger partial charge on any atom is -0.479 e. The van der Waals surface area contributed by atoms with Crippen LogP contribution in [0.5, 0.6) is 0 Å². The second-order valence-electron chi connectivity index (χ2n) is 4.13. The fourth-order valence-corrected chi connectivity index (χ4v) is 2.07. The van der Waals surface area contributed by atoms with Crippen molar-refractivity contribution in [2.75, 3.05) is 26.4 Å². The van der Waals surface area contributed by atoms with Gasteiger partial charge in [0, 0.05) is 32.6 Å². The summed E-state index contributed by atoms with van der Waals surface area (Å²) in [6.07, 6.45) is -5.68. The fourth-order valence-electron chi connectivity index (χ4n) is 2.07. The van der Waals surface area contributed by atoms with E-state index in [9.17, 15) is 27.9 Å². The Balaban J connectivity index is 3.12. The molecule has 9 heteroatoms. The summed E-state index contributed by atoms with van der Waals surface area (Å²) in [7, 11) is 0. The number of ether oxygens (including phenoxy) is 1. The summed E-state index contributed by atoms with van der Waals surface area (Å²) in [5.74, 6) is -3.78. The van der Waals surface area contributed by atoms with E-state index in [0.29, 0.717) is 0 Å². The Morgan fingerprint density at radius 3 is 2.16 bits per heavy atom. The molecule has 1 rings (SSSR count). The number of rotatable bonds is 4. The number of aliphatic hydroxyl groups is 1. The maximum atomic E-state index is 12.5. The molecule has 0 aliphatic carbocycles. The van der Waals surface area contributed by atoms with Gasteiger partial charge in [0.15, 0.2) is 0 Å². The monoisotopic (exact) mass is 285 g/mol. The smallest absolute Gasteiger partial charge is 0.471 e. The lowest BCUT2D eigenvalue weighted by Gasteiger charge is -2.42. The molecule has 0 aromatic heterocycles. The molecule has 0 radical (unpaired) electrons. The lowest BCUT2D eigenvalue weighted by Crippen LogP contribution is -2.62. The van der Waals surface area contributed by atoms with Crippen molar-refractivity contribution in [3.8, 4) is 0 Å². The van der Waals surface area contributed by atoms with E-state index in [2.05, 4.69) is 0 Å². The normalized spacial score (nSPS) is 18.9. The Morgan fingerprint density at radius 1 is 1.26 bits per heavy atom. The van der Waals surface area contributed by atoms with Crippen LogP contribution in [0.2, 0.25) is 0 Å². The van der Waals surface area contributed by atoms with Gasteiger partial charge in [-0.15, -0.1) is 0 Å². The third kappa shape index (κ3) is 3.16. The second kappa shape index (κ2) is 5.74. The average Bonchev–Trinajstić information content (AvgIpc) is 2.34. The highest BCUT2D eigenvalue weighted by Crippen LogP contribution is 2.32. The van der Waals surface area contributed by atoms with Gasteiger partial charge in [0.25, 0.3) is 0 Å². The van der Waals surface area contributed by atoms with Gasteiger partial charge >= 0.3 is 18.1 Å². The van der Waals surface area contributed by atoms with Crippen molar-refractivity contribution < 1.29 is 37.7 Å². The number of carbonyl (C=O) groups excluding carboxylic acids is 1. The van der Waals surface area contributed by atoms with Crippen LogP contribution in [-0.2, 0) is 14.3 Å². The van der Waals surface area contributed by atoms with Gasteiger partial charge in [-0.2, -0.15) is 13.2 Å². The summed E-state index contributed by atoms with van der Waals surface area (Å²) in [4.78, 5) is 22.9. The molecule has 6 nitrogen and oxygen atoms in total. The molecule has 1 aliphatic heterocycles. The standard InChI is InChI=1S/C10H14F3NO5/c11-10(12,13)7(16)14(3-4-15)9(8(17)18)1-5-19-6-2-9/h15H,1-6H2,(H,17,18). The molecule has 1 heterocycles. The first-order valence-corrected chi connectivity index (χ1v) is 5.56. The Bertz CT molecular complexity index is 352. The minimum atomic E-state index is -5.18. The van der Waals surface area contributed by atoms with Gasteiger partial charge in [-0.3, -0.25) is 4.79 Å². The summed E-state index contributed by atoms with van der Waals surface area (Å²) in [5, 5.41) is 18.0. The minimum absolute atomic E-state index is 0.0562. The topological polar surface area (TPSA) is 87.1 Å². The second-order valence-corrected chi connectivity index (χ2v) is 4.13. The number of aliphatic hydroxyl groups excluding tert-OH is 1. The first-order chi connectivity index (χ1) is 8.75. The number of carboxylic acids is 1. The van der Waals surface area contributed by atoms with Crippen molar-refractivity contribution in [3.05, 3.63) is 0 Å². The lowest BCUT2D eigenvalue weighted by molar-refractivity contribution is -0.199. The van der Waals surface area contributed by atoms with E-state index in [1.807, 2.05) is 0 Å². The Hall–Kier alpha value is -1.35. The molecule has 0 unspecified atom stereocenters. The zero-order valence-electron chi connectivity index (χ0n) is 9.94. The van der Waals surface area contributed by atoms with Gasteiger partial charge in [-0.1, -0.05) is 0 Å². The summed E-state index contributed by atoms with van der Waals surface area (Å²) in [5.41, 5.74) is -1.98. The molecule has 1 saturated heterocycles. The number of carbonyl (C=O) groups is 2. The maximum absolute atomic E-state index is 12.5. The van der Waals surface area contributed by atoms with Crippen LogP contribution in [0, 0.1) is 0 Å². The lowest BCUT2D eigenvalue weighted by atomic mass is 9.87. The summed E-state index contributed by atoms with van der Waals surface area (Å²) in [6, 6.07) is 0. The number of alkyl halides is 3. The van der Waals surface area contributed by atoms with Crippen LogP contribution in [0.3, 0.4) is 0 Å². The van der Waals surface area contributed by atoms with Crippen molar-refractivity contribution in [1.29, 1.82) is 0 Å². The van der Waals surface area contributed by atoms with Crippen LogP contribution in [0.25, 0.3) is 0 Å². The largest absolute Gasteiger partial charge is 0.479 e. The molecule has 0 atom stereocenters. The molecule has 2 N–H and O–H groups in total. The molecular weight excluding hydrogens is 271 g/mol. The van der Waals surface area contributed by atoms with E-state index in [1.54, 1.807) is 0 Å². The van der Waals surface area contributed by atoms with Crippen LogP contribution in [0.4, 0.5) is 13.2 Å². The fraction of sp³-hybridized carbons (Fsp3) is 0.800. The average molecular weight is 285 g/mol. The first-order valence-electron chi connectivity index (χ1n) is 5.56. The van der Waals surface area contributed by atoms with Crippen molar-refractivity contribution in [1.82, 2.24) is 4.90 Å². The van der Waals surface area contributed by atoms with E-state index in [0.717, 1.165) is 0 Å². The van der Waals surface area contributed by atoms with Crippen LogP contribution < -0.4 is 0 Å². The maximum Gasteiger partial charge on any atom is 0.471 e. The Morgan fingerprint density at radius 2 is 1.79 bits per heavy atom. The van der Waals surface area contributed by atoms with E-state index in [4.69, 9.17) is 9.84 Å². The summed E-state index contributed by atoms with van der Waals surface area (Å²) < 4.78 is 42.5. The Labute approximate surface area is 106 Å². The quantitative estimate of drug-likeness (QED) is 0.759. The molecule has 1 aliphatic rings. The van der Waals surface area contributed by atoms with Crippen LogP contribution in [-0.4, -0.2) is 65.1 Å². The zero-order valence-corrected chi connectivity index (χ0v) is 9.94. The van der Waals surface area contributed by atoms with Gasteiger partial charge in [0.05, 0.1) is 6.61 Å². The molecule has 19 heavy (non-hydrogen) atoms. The molecule has 1 amide bonds. The zero-order chi connectivity index (χ0) is 14.7. The predicted octanol–water partition coefficient (Wildman–Crippen LogP) is 0.00340. The highest BCUT2D eigenvalue weighted by atomic mass is 19.4. The number of halogens is 3. The van der Waals surface area contributed by atoms with Crippen LogP contribution in [0.15, 0.2) is 0 Å². The number of amides is 1. The highest BCUT2D eigenvalue weighted by molar-refractivity contribution is 5.89. The number of nitrogens with zero attached hydrogens (tertiary/aromatic N) is 1. The van der Waals surface area contributed by atoms with Gasteiger partial charge < -0.3 is 19.8 Å². The van der Waals surface area contributed by atoms with Crippen LogP contribution >= 0.6 is 0 Å². The number of carboxylic acid groups (broad SMARTS) is 1. The highest BCUT2D eigenvalue weighted by Gasteiger charge is 2.54. The number of hydrogen-bond acceptors (Lipinski definition) is 4. The third-order valence-electron chi connectivity index (χ3n) is 3.05. The van der Waals surface area contributed by atoms with Gasteiger partial charge in [0.1, 0.15) is 5.54 Å².